The zero-order valence-electron chi connectivity index (χ0n) is 19.1. The van der Waals surface area contributed by atoms with Gasteiger partial charge in [0.15, 0.2) is 0 Å². The number of nitrogens with zero attached hydrogens (tertiary/aromatic N) is 1. The molecule has 0 saturated carbocycles. The van der Waals surface area contributed by atoms with Crippen LogP contribution in [0, 0.1) is 0 Å². The van der Waals surface area contributed by atoms with E-state index in [0.29, 0.717) is 25.3 Å². The lowest BCUT2D eigenvalue weighted by atomic mass is 9.99. The van der Waals surface area contributed by atoms with Crippen LogP contribution in [0.25, 0.3) is 0 Å². The average molecular weight is 460 g/mol. The van der Waals surface area contributed by atoms with Crippen LogP contribution in [0.3, 0.4) is 0 Å². The number of carbonyl (C=O) groups is 2. The third kappa shape index (κ3) is 5.55. The van der Waals surface area contributed by atoms with Crippen LogP contribution < -0.4 is 20.5 Å². The molecule has 1 saturated heterocycles. The van der Waals surface area contributed by atoms with Crippen molar-refractivity contribution in [3.8, 4) is 17.2 Å². The van der Waals surface area contributed by atoms with E-state index in [4.69, 9.17) is 15.2 Å². The van der Waals surface area contributed by atoms with Gasteiger partial charge in [0, 0.05) is 19.5 Å². The standard InChI is InChI=1S/C27H29N3O4/c1-2-33-21-12-8-19(9-13-21)16-24-27(32)30(25(17-28)26(31)29-24)18-20-10-14-23(15-11-20)34-22-6-4-3-5-7-22/h3-15,24-25H,2,16-18,28H2,1H3,(H,29,31). The first-order valence-corrected chi connectivity index (χ1v) is 11.4. The maximum Gasteiger partial charge on any atom is 0.246 e. The van der Waals surface area contributed by atoms with Crippen molar-refractivity contribution in [1.29, 1.82) is 0 Å². The second kappa shape index (κ2) is 10.9. The summed E-state index contributed by atoms with van der Waals surface area (Å²) >= 11 is 0. The molecular formula is C27H29N3O4. The van der Waals surface area contributed by atoms with Gasteiger partial charge in [0.25, 0.3) is 0 Å². The Morgan fingerprint density at radius 3 is 2.12 bits per heavy atom. The molecule has 3 aromatic carbocycles. The lowest BCUT2D eigenvalue weighted by Crippen LogP contribution is -2.65. The molecule has 34 heavy (non-hydrogen) atoms. The summed E-state index contributed by atoms with van der Waals surface area (Å²) in [6.45, 7) is 2.86. The summed E-state index contributed by atoms with van der Waals surface area (Å²) in [5, 5.41) is 2.85. The molecule has 3 aromatic rings. The number of ether oxygens (including phenoxy) is 2. The van der Waals surface area contributed by atoms with Crippen LogP contribution in [0.4, 0.5) is 0 Å². The van der Waals surface area contributed by atoms with Crippen molar-refractivity contribution in [3.63, 3.8) is 0 Å². The van der Waals surface area contributed by atoms with Gasteiger partial charge in [0.05, 0.1) is 6.61 Å². The molecule has 4 rings (SSSR count). The number of benzene rings is 3. The zero-order valence-corrected chi connectivity index (χ0v) is 19.1. The molecule has 0 bridgehead atoms. The molecule has 2 amide bonds. The Bertz CT molecular complexity index is 1100. The highest BCUT2D eigenvalue weighted by atomic mass is 16.5. The molecule has 0 aromatic heterocycles. The minimum atomic E-state index is -0.704. The summed E-state index contributed by atoms with van der Waals surface area (Å²) in [7, 11) is 0. The molecular weight excluding hydrogens is 430 g/mol. The molecule has 3 N–H and O–H groups in total. The highest BCUT2D eigenvalue weighted by Gasteiger charge is 2.39. The van der Waals surface area contributed by atoms with Crippen LogP contribution in [0.2, 0.25) is 0 Å². The van der Waals surface area contributed by atoms with E-state index in [2.05, 4.69) is 5.32 Å². The van der Waals surface area contributed by atoms with Crippen LogP contribution in [-0.4, -0.2) is 41.9 Å². The normalized spacial score (nSPS) is 17.9. The summed E-state index contributed by atoms with van der Waals surface area (Å²) in [6, 6.07) is 23.2. The number of hydrogen-bond donors (Lipinski definition) is 2. The molecule has 7 heteroatoms. The molecule has 1 aliphatic heterocycles. The van der Waals surface area contributed by atoms with Gasteiger partial charge in [-0.05, 0) is 54.4 Å². The van der Waals surface area contributed by atoms with E-state index >= 15 is 0 Å². The molecule has 7 nitrogen and oxygen atoms in total. The van der Waals surface area contributed by atoms with E-state index < -0.39 is 12.1 Å². The molecule has 1 heterocycles. The predicted octanol–water partition coefficient (Wildman–Crippen LogP) is 3.27. The highest BCUT2D eigenvalue weighted by molar-refractivity contribution is 5.97. The van der Waals surface area contributed by atoms with Crippen LogP contribution in [0.15, 0.2) is 78.9 Å². The van der Waals surface area contributed by atoms with Crippen molar-refractivity contribution in [1.82, 2.24) is 10.2 Å². The van der Waals surface area contributed by atoms with Gasteiger partial charge >= 0.3 is 0 Å². The third-order valence-electron chi connectivity index (χ3n) is 5.73. The fourth-order valence-electron chi connectivity index (χ4n) is 3.99. The Morgan fingerprint density at radius 1 is 0.853 bits per heavy atom. The van der Waals surface area contributed by atoms with E-state index in [9.17, 15) is 9.59 Å². The average Bonchev–Trinajstić information content (AvgIpc) is 2.85. The maximum atomic E-state index is 13.3. The van der Waals surface area contributed by atoms with Crippen molar-refractivity contribution in [2.24, 2.45) is 5.73 Å². The largest absolute Gasteiger partial charge is 0.494 e. The van der Waals surface area contributed by atoms with Gasteiger partial charge in [-0.25, -0.2) is 0 Å². The van der Waals surface area contributed by atoms with Crippen LogP contribution in [-0.2, 0) is 22.6 Å². The molecule has 176 valence electrons. The van der Waals surface area contributed by atoms with E-state index in [1.54, 1.807) is 4.90 Å². The molecule has 0 spiro atoms. The fourth-order valence-corrected chi connectivity index (χ4v) is 3.99. The van der Waals surface area contributed by atoms with Gasteiger partial charge < -0.3 is 25.4 Å². The first kappa shape index (κ1) is 23.3. The van der Waals surface area contributed by atoms with E-state index in [1.165, 1.54) is 0 Å². The highest BCUT2D eigenvalue weighted by Crippen LogP contribution is 2.23. The summed E-state index contributed by atoms with van der Waals surface area (Å²) in [6.07, 6.45) is 0.397. The quantitative estimate of drug-likeness (QED) is 0.512. The van der Waals surface area contributed by atoms with Gasteiger partial charge in [-0.1, -0.05) is 42.5 Å². The first-order chi connectivity index (χ1) is 16.6. The Balaban J connectivity index is 1.45. The lowest BCUT2D eigenvalue weighted by Gasteiger charge is -2.38. The zero-order chi connectivity index (χ0) is 23.9. The number of para-hydroxylation sites is 1. The lowest BCUT2D eigenvalue weighted by molar-refractivity contribution is -0.149. The molecule has 2 atom stereocenters. The van der Waals surface area contributed by atoms with Crippen molar-refractivity contribution in [2.45, 2.75) is 32.0 Å². The van der Waals surface area contributed by atoms with Crippen LogP contribution in [0.5, 0.6) is 17.2 Å². The molecule has 0 aliphatic carbocycles. The number of nitrogens with two attached hydrogens (primary N) is 1. The molecule has 1 fully saturated rings. The second-order valence-corrected chi connectivity index (χ2v) is 8.12. The monoisotopic (exact) mass is 459 g/mol. The third-order valence-corrected chi connectivity index (χ3v) is 5.73. The minimum absolute atomic E-state index is 0.0581. The Labute approximate surface area is 199 Å². The predicted molar refractivity (Wildman–Crippen MR) is 130 cm³/mol. The maximum absolute atomic E-state index is 13.3. The van der Waals surface area contributed by atoms with Crippen molar-refractivity contribution in [2.75, 3.05) is 13.2 Å². The molecule has 0 radical (unpaired) electrons. The van der Waals surface area contributed by atoms with E-state index in [-0.39, 0.29) is 18.4 Å². The second-order valence-electron chi connectivity index (χ2n) is 8.12. The van der Waals surface area contributed by atoms with Crippen molar-refractivity contribution >= 4 is 11.8 Å². The number of amides is 2. The van der Waals surface area contributed by atoms with Gasteiger partial charge in [0.1, 0.15) is 29.3 Å². The van der Waals surface area contributed by atoms with Crippen LogP contribution >= 0.6 is 0 Å². The number of hydrogen-bond acceptors (Lipinski definition) is 5. The topological polar surface area (TPSA) is 93.9 Å². The fraction of sp³-hybridized carbons (Fsp3) is 0.259. The van der Waals surface area contributed by atoms with Crippen molar-refractivity contribution in [3.05, 3.63) is 90.0 Å². The van der Waals surface area contributed by atoms with Gasteiger partial charge in [-0.3, -0.25) is 9.59 Å². The first-order valence-electron chi connectivity index (χ1n) is 11.4. The van der Waals surface area contributed by atoms with Crippen LogP contribution in [0.1, 0.15) is 18.1 Å². The Kier molecular flexibility index (Phi) is 7.44. The SMILES string of the molecule is CCOc1ccc(CC2NC(=O)C(CN)N(Cc3ccc(Oc4ccccc4)cc3)C2=O)cc1. The smallest absolute Gasteiger partial charge is 0.246 e. The minimum Gasteiger partial charge on any atom is -0.494 e. The summed E-state index contributed by atoms with van der Waals surface area (Å²) in [5.74, 6) is 1.84. The van der Waals surface area contributed by atoms with E-state index in [0.717, 1.165) is 22.6 Å². The number of carbonyl (C=O) groups excluding carboxylic acids is 2. The van der Waals surface area contributed by atoms with Gasteiger partial charge in [-0.2, -0.15) is 0 Å². The Hall–Kier alpha value is -3.84. The van der Waals surface area contributed by atoms with Gasteiger partial charge in [0.2, 0.25) is 11.8 Å². The number of piperazine rings is 1. The summed E-state index contributed by atoms with van der Waals surface area (Å²) in [4.78, 5) is 27.7. The number of nitrogens with one attached hydrogen (secondary N) is 1. The molecule has 1 aliphatic rings. The Morgan fingerprint density at radius 2 is 1.47 bits per heavy atom. The van der Waals surface area contributed by atoms with E-state index in [1.807, 2.05) is 85.8 Å². The summed E-state index contributed by atoms with van der Waals surface area (Å²) in [5.41, 5.74) is 7.70. The van der Waals surface area contributed by atoms with Gasteiger partial charge in [-0.15, -0.1) is 0 Å². The molecule has 2 unspecified atom stereocenters. The summed E-state index contributed by atoms with van der Waals surface area (Å²) < 4.78 is 11.3. The van der Waals surface area contributed by atoms with Crippen molar-refractivity contribution < 1.29 is 19.1 Å². The number of rotatable bonds is 9.